The molecule has 0 spiro atoms. The molecule has 6 nitrogen and oxygen atoms in total. The smallest absolute Gasteiger partial charge is 0.338 e. The van der Waals surface area contributed by atoms with Crippen molar-refractivity contribution in [3.63, 3.8) is 0 Å². The molecule has 1 aliphatic rings. The second kappa shape index (κ2) is 8.16. The summed E-state index contributed by atoms with van der Waals surface area (Å²) in [7, 11) is -3.71. The van der Waals surface area contributed by atoms with Crippen molar-refractivity contribution in [3.8, 4) is 0 Å². The van der Waals surface area contributed by atoms with E-state index in [-0.39, 0.29) is 30.2 Å². The van der Waals surface area contributed by atoms with Gasteiger partial charge in [0, 0.05) is 13.1 Å². The van der Waals surface area contributed by atoms with Gasteiger partial charge in [-0.05, 0) is 42.3 Å². The standard InChI is InChI=1S/C19H20FNO5S/c1-14-5-6-17(27(23,24)21-7-9-25-10-8-21)12-18(14)19(22)26-13-15-3-2-4-16(20)11-15/h2-6,11-12H,7-10,13H2,1H3. The summed E-state index contributed by atoms with van der Waals surface area (Å²) < 4.78 is 50.5. The fraction of sp³-hybridized carbons (Fsp3) is 0.316. The fourth-order valence-electron chi connectivity index (χ4n) is 2.77. The highest BCUT2D eigenvalue weighted by molar-refractivity contribution is 7.89. The first kappa shape index (κ1) is 19.5. The summed E-state index contributed by atoms with van der Waals surface area (Å²) in [5.74, 6) is -1.07. The van der Waals surface area contributed by atoms with Gasteiger partial charge in [-0.25, -0.2) is 17.6 Å². The molecule has 0 saturated carbocycles. The van der Waals surface area contributed by atoms with E-state index in [0.717, 1.165) is 0 Å². The number of carbonyl (C=O) groups is 1. The zero-order valence-electron chi connectivity index (χ0n) is 14.9. The molecule has 1 aliphatic heterocycles. The summed E-state index contributed by atoms with van der Waals surface area (Å²) in [6.07, 6.45) is 0. The second-order valence-corrected chi connectivity index (χ2v) is 8.14. The molecule has 2 aromatic rings. The summed E-state index contributed by atoms with van der Waals surface area (Å²) in [6.45, 7) is 2.83. The van der Waals surface area contributed by atoms with Crippen LogP contribution >= 0.6 is 0 Å². The number of benzene rings is 2. The number of aryl methyl sites for hydroxylation is 1. The van der Waals surface area contributed by atoms with Gasteiger partial charge >= 0.3 is 5.97 Å². The van der Waals surface area contributed by atoms with E-state index in [1.165, 1.54) is 34.6 Å². The highest BCUT2D eigenvalue weighted by Gasteiger charge is 2.27. The van der Waals surface area contributed by atoms with E-state index >= 15 is 0 Å². The summed E-state index contributed by atoms with van der Waals surface area (Å²) in [4.78, 5) is 12.5. The number of esters is 1. The molecule has 1 saturated heterocycles. The number of carbonyl (C=O) groups excluding carboxylic acids is 1. The Morgan fingerprint density at radius 3 is 2.63 bits per heavy atom. The molecular formula is C19H20FNO5S. The fourth-order valence-corrected chi connectivity index (χ4v) is 4.21. The van der Waals surface area contributed by atoms with Crippen molar-refractivity contribution >= 4 is 16.0 Å². The number of sulfonamides is 1. The van der Waals surface area contributed by atoms with Crippen LogP contribution in [0.2, 0.25) is 0 Å². The number of ether oxygens (including phenoxy) is 2. The van der Waals surface area contributed by atoms with Crippen molar-refractivity contribution in [2.75, 3.05) is 26.3 Å². The van der Waals surface area contributed by atoms with Crippen molar-refractivity contribution in [2.24, 2.45) is 0 Å². The van der Waals surface area contributed by atoms with Gasteiger partial charge in [-0.15, -0.1) is 0 Å². The van der Waals surface area contributed by atoms with Gasteiger partial charge in [0.15, 0.2) is 0 Å². The van der Waals surface area contributed by atoms with Crippen molar-refractivity contribution in [1.82, 2.24) is 4.31 Å². The minimum absolute atomic E-state index is 0.0349. The van der Waals surface area contributed by atoms with Gasteiger partial charge in [0.1, 0.15) is 12.4 Å². The molecule has 1 fully saturated rings. The lowest BCUT2D eigenvalue weighted by Crippen LogP contribution is -2.40. The average molecular weight is 393 g/mol. The highest BCUT2D eigenvalue weighted by Crippen LogP contribution is 2.21. The molecule has 1 heterocycles. The molecule has 8 heteroatoms. The van der Waals surface area contributed by atoms with Crippen LogP contribution in [0.5, 0.6) is 0 Å². The van der Waals surface area contributed by atoms with E-state index in [1.807, 2.05) is 0 Å². The molecule has 0 aromatic heterocycles. The SMILES string of the molecule is Cc1ccc(S(=O)(=O)N2CCOCC2)cc1C(=O)OCc1cccc(F)c1. The van der Waals surface area contributed by atoms with E-state index in [2.05, 4.69) is 0 Å². The summed E-state index contributed by atoms with van der Waals surface area (Å²) >= 11 is 0. The second-order valence-electron chi connectivity index (χ2n) is 6.20. The Balaban J connectivity index is 1.79. The Kier molecular flexibility index (Phi) is 5.88. The van der Waals surface area contributed by atoms with Crippen molar-refractivity contribution < 1.29 is 27.1 Å². The van der Waals surface area contributed by atoms with Crippen LogP contribution in [0.4, 0.5) is 4.39 Å². The van der Waals surface area contributed by atoms with Gasteiger partial charge in [-0.3, -0.25) is 0 Å². The number of hydrogen-bond donors (Lipinski definition) is 0. The van der Waals surface area contributed by atoms with Gasteiger partial charge in [-0.2, -0.15) is 4.31 Å². The van der Waals surface area contributed by atoms with Crippen LogP contribution in [-0.2, 0) is 26.1 Å². The topological polar surface area (TPSA) is 72.9 Å². The monoisotopic (exact) mass is 393 g/mol. The first-order chi connectivity index (χ1) is 12.9. The normalized spacial score (nSPS) is 15.5. The van der Waals surface area contributed by atoms with Crippen LogP contribution in [0.15, 0.2) is 47.4 Å². The summed E-state index contributed by atoms with van der Waals surface area (Å²) in [5.41, 5.74) is 1.28. The molecule has 27 heavy (non-hydrogen) atoms. The van der Waals surface area contributed by atoms with E-state index in [4.69, 9.17) is 9.47 Å². The predicted molar refractivity (Wildman–Crippen MR) is 96.3 cm³/mol. The van der Waals surface area contributed by atoms with E-state index in [9.17, 15) is 17.6 Å². The predicted octanol–water partition coefficient (Wildman–Crippen LogP) is 2.51. The lowest BCUT2D eigenvalue weighted by molar-refractivity contribution is 0.0471. The molecule has 0 unspecified atom stereocenters. The minimum Gasteiger partial charge on any atom is -0.457 e. The van der Waals surface area contributed by atoms with Gasteiger partial charge in [-0.1, -0.05) is 18.2 Å². The third kappa shape index (κ3) is 4.52. The number of morpholine rings is 1. The molecule has 0 amide bonds. The van der Waals surface area contributed by atoms with Crippen molar-refractivity contribution in [1.29, 1.82) is 0 Å². The maximum absolute atomic E-state index is 13.2. The summed E-state index contributed by atoms with van der Waals surface area (Å²) in [5, 5.41) is 0. The van der Waals surface area contributed by atoms with E-state index in [0.29, 0.717) is 24.3 Å². The maximum atomic E-state index is 13.2. The highest BCUT2D eigenvalue weighted by atomic mass is 32.2. The molecule has 0 radical (unpaired) electrons. The van der Waals surface area contributed by atoms with Crippen LogP contribution in [-0.4, -0.2) is 45.0 Å². The maximum Gasteiger partial charge on any atom is 0.338 e. The number of rotatable bonds is 5. The van der Waals surface area contributed by atoms with Gasteiger partial charge in [0.05, 0.1) is 23.7 Å². The van der Waals surface area contributed by atoms with E-state index in [1.54, 1.807) is 19.1 Å². The first-order valence-corrected chi connectivity index (χ1v) is 9.92. The van der Waals surface area contributed by atoms with Crippen LogP contribution in [0.1, 0.15) is 21.5 Å². The van der Waals surface area contributed by atoms with Crippen LogP contribution in [0.3, 0.4) is 0 Å². The number of hydrogen-bond acceptors (Lipinski definition) is 5. The zero-order chi connectivity index (χ0) is 19.4. The molecule has 0 aliphatic carbocycles. The molecule has 3 rings (SSSR count). The van der Waals surface area contributed by atoms with Crippen molar-refractivity contribution in [3.05, 3.63) is 65.0 Å². The molecule has 2 aromatic carbocycles. The third-order valence-corrected chi connectivity index (χ3v) is 6.19. The molecular weight excluding hydrogens is 373 g/mol. The van der Waals surface area contributed by atoms with E-state index < -0.39 is 21.8 Å². The lowest BCUT2D eigenvalue weighted by Gasteiger charge is -2.26. The summed E-state index contributed by atoms with van der Waals surface area (Å²) in [6, 6.07) is 10.1. The Morgan fingerprint density at radius 2 is 1.93 bits per heavy atom. The minimum atomic E-state index is -3.71. The zero-order valence-corrected chi connectivity index (χ0v) is 15.7. The van der Waals surface area contributed by atoms with Crippen LogP contribution in [0.25, 0.3) is 0 Å². The molecule has 0 N–H and O–H groups in total. The Hall–Kier alpha value is -2.29. The Morgan fingerprint density at radius 1 is 1.19 bits per heavy atom. The largest absolute Gasteiger partial charge is 0.457 e. The number of halogens is 1. The lowest BCUT2D eigenvalue weighted by atomic mass is 10.1. The molecule has 0 bridgehead atoms. The van der Waals surface area contributed by atoms with Crippen LogP contribution in [0, 0.1) is 12.7 Å². The molecule has 144 valence electrons. The first-order valence-electron chi connectivity index (χ1n) is 8.48. The van der Waals surface area contributed by atoms with Gasteiger partial charge in [0.2, 0.25) is 10.0 Å². The quantitative estimate of drug-likeness (QED) is 0.730. The Labute approximate surface area is 157 Å². The number of nitrogens with zero attached hydrogens (tertiary/aromatic N) is 1. The molecule has 0 atom stereocenters. The average Bonchev–Trinajstić information content (AvgIpc) is 2.67. The third-order valence-electron chi connectivity index (χ3n) is 4.30. The van der Waals surface area contributed by atoms with Gasteiger partial charge in [0.25, 0.3) is 0 Å². The van der Waals surface area contributed by atoms with Gasteiger partial charge < -0.3 is 9.47 Å². The van der Waals surface area contributed by atoms with Crippen LogP contribution < -0.4 is 0 Å². The Bertz CT molecular complexity index is 939. The van der Waals surface area contributed by atoms with Crippen molar-refractivity contribution in [2.45, 2.75) is 18.4 Å².